The van der Waals surface area contributed by atoms with Crippen molar-refractivity contribution in [3.63, 3.8) is 0 Å². The lowest BCUT2D eigenvalue weighted by Gasteiger charge is -2.26. The lowest BCUT2D eigenvalue weighted by Crippen LogP contribution is -2.28. The zero-order chi connectivity index (χ0) is 24.6. The molecule has 174 valence electrons. The van der Waals surface area contributed by atoms with Crippen molar-refractivity contribution < 1.29 is 14.3 Å². The molecule has 0 fully saturated rings. The minimum absolute atomic E-state index is 0.199. The maximum absolute atomic E-state index is 13.7. The number of carbonyl (C=O) groups is 2. The van der Waals surface area contributed by atoms with E-state index < -0.39 is 5.97 Å². The second kappa shape index (κ2) is 9.18. The van der Waals surface area contributed by atoms with Crippen molar-refractivity contribution in [3.05, 3.63) is 106 Å². The molecule has 2 aromatic carbocycles. The van der Waals surface area contributed by atoms with Crippen LogP contribution in [0.3, 0.4) is 0 Å². The summed E-state index contributed by atoms with van der Waals surface area (Å²) in [5.41, 5.74) is 7.49. The molecule has 5 nitrogen and oxygen atoms in total. The van der Waals surface area contributed by atoms with E-state index in [0.717, 1.165) is 33.8 Å². The number of aryl methyl sites for hydroxylation is 2. The third-order valence-electron chi connectivity index (χ3n) is 6.63. The van der Waals surface area contributed by atoms with Crippen LogP contribution in [-0.4, -0.2) is 28.5 Å². The molecule has 0 bridgehead atoms. The summed E-state index contributed by atoms with van der Waals surface area (Å²) in [5, 5.41) is 0. The molecule has 0 N–H and O–H groups in total. The van der Waals surface area contributed by atoms with E-state index in [1.165, 1.54) is 7.11 Å². The lowest BCUT2D eigenvalue weighted by molar-refractivity contribution is -0.136. The van der Waals surface area contributed by atoms with Crippen molar-refractivity contribution >= 4 is 18.0 Å². The van der Waals surface area contributed by atoms with Crippen LogP contribution >= 0.6 is 0 Å². The molecule has 1 amide bonds. The van der Waals surface area contributed by atoms with Gasteiger partial charge in [0.2, 0.25) is 0 Å². The number of para-hydroxylation sites is 1. The van der Waals surface area contributed by atoms with E-state index in [0.29, 0.717) is 16.8 Å². The molecule has 4 rings (SSSR count). The zero-order valence-corrected chi connectivity index (χ0v) is 20.5. The molecule has 0 unspecified atom stereocenters. The Kier molecular flexibility index (Phi) is 6.29. The Morgan fingerprint density at radius 1 is 0.971 bits per heavy atom. The number of benzene rings is 2. The first kappa shape index (κ1) is 23.3. The Bertz CT molecular complexity index is 1330. The lowest BCUT2D eigenvalue weighted by atomic mass is 10.0. The van der Waals surface area contributed by atoms with Crippen molar-refractivity contribution in [1.82, 2.24) is 9.47 Å². The predicted octanol–water partition coefficient (Wildman–Crippen LogP) is 5.84. The average molecular weight is 455 g/mol. The number of methoxy groups -OCH3 is 1. The number of rotatable bonds is 5. The number of hydrogen-bond donors (Lipinski definition) is 0. The maximum Gasteiger partial charge on any atom is 0.340 e. The summed E-state index contributed by atoms with van der Waals surface area (Å²) in [6, 6.07) is 19.8. The number of carbonyl (C=O) groups excluding carboxylic acids is 2. The molecule has 34 heavy (non-hydrogen) atoms. The van der Waals surface area contributed by atoms with E-state index in [2.05, 4.69) is 29.7 Å². The van der Waals surface area contributed by atoms with Crippen molar-refractivity contribution in [1.29, 1.82) is 0 Å². The fraction of sp³-hybridized carbons (Fsp3) is 0.241. The first-order chi connectivity index (χ1) is 16.3. The van der Waals surface area contributed by atoms with Crippen LogP contribution in [0.2, 0.25) is 0 Å². The van der Waals surface area contributed by atoms with Gasteiger partial charge in [0.05, 0.1) is 24.3 Å². The smallest absolute Gasteiger partial charge is 0.340 e. The van der Waals surface area contributed by atoms with Gasteiger partial charge in [0, 0.05) is 22.8 Å². The Balaban J connectivity index is 1.83. The predicted molar refractivity (Wildman–Crippen MR) is 134 cm³/mol. The highest BCUT2D eigenvalue weighted by Gasteiger charge is 2.39. The molecule has 1 aliphatic rings. The Morgan fingerprint density at radius 2 is 1.62 bits per heavy atom. The standard InChI is InChI=1S/C29H30N2O3/c1-18-12-10-11-15-26(18)30-19(2)16-24(21(30)4)17-25-27(29(33)34-6)22(5)31(28(25)32)20(3)23-13-8-7-9-14-23/h7-17,20H,1-6H3/b25-17-/t20-/m0/s1. The van der Waals surface area contributed by atoms with Crippen LogP contribution in [0.1, 0.15) is 48.0 Å². The van der Waals surface area contributed by atoms with Gasteiger partial charge in [-0.25, -0.2) is 4.79 Å². The van der Waals surface area contributed by atoms with Crippen molar-refractivity contribution in [2.75, 3.05) is 7.11 Å². The van der Waals surface area contributed by atoms with E-state index in [4.69, 9.17) is 4.74 Å². The molecule has 5 heteroatoms. The summed E-state index contributed by atoms with van der Waals surface area (Å²) >= 11 is 0. The molecule has 3 aromatic rings. The van der Waals surface area contributed by atoms with Gasteiger partial charge in [0.25, 0.3) is 5.91 Å². The van der Waals surface area contributed by atoms with Gasteiger partial charge in [-0.3, -0.25) is 4.79 Å². The summed E-state index contributed by atoms with van der Waals surface area (Å²) in [6.45, 7) is 9.94. The van der Waals surface area contributed by atoms with Crippen LogP contribution in [0.25, 0.3) is 11.8 Å². The Hall–Kier alpha value is -3.86. The third-order valence-corrected chi connectivity index (χ3v) is 6.63. The summed E-state index contributed by atoms with van der Waals surface area (Å²) in [6.07, 6.45) is 1.83. The number of allylic oxidation sites excluding steroid dienone is 1. The fourth-order valence-electron chi connectivity index (χ4n) is 4.82. The highest BCUT2D eigenvalue weighted by atomic mass is 16.5. The summed E-state index contributed by atoms with van der Waals surface area (Å²) < 4.78 is 7.26. The Morgan fingerprint density at radius 3 is 2.26 bits per heavy atom. The SMILES string of the molecule is COC(=O)C1=C(C)N([C@@H](C)c2ccccc2)C(=O)/C1=C\c1cc(C)n(-c2ccccc2C)c1C. The molecule has 0 spiro atoms. The van der Waals surface area contributed by atoms with E-state index in [1.54, 1.807) is 11.8 Å². The molecule has 0 saturated heterocycles. The third kappa shape index (κ3) is 3.87. The normalized spacial score (nSPS) is 15.9. The molecule has 1 atom stereocenters. The second-order valence-corrected chi connectivity index (χ2v) is 8.72. The number of hydrogen-bond acceptors (Lipinski definition) is 3. The van der Waals surface area contributed by atoms with Crippen molar-refractivity contribution in [2.24, 2.45) is 0 Å². The molecular formula is C29H30N2O3. The van der Waals surface area contributed by atoms with Gasteiger partial charge in [-0.2, -0.15) is 0 Å². The quantitative estimate of drug-likeness (QED) is 0.360. The van der Waals surface area contributed by atoms with Gasteiger partial charge in [0.15, 0.2) is 0 Å². The summed E-state index contributed by atoms with van der Waals surface area (Å²) in [7, 11) is 1.35. The van der Waals surface area contributed by atoms with Gasteiger partial charge in [-0.1, -0.05) is 48.5 Å². The largest absolute Gasteiger partial charge is 0.465 e. The average Bonchev–Trinajstić information content (AvgIpc) is 3.25. The van der Waals surface area contributed by atoms with E-state index >= 15 is 0 Å². The van der Waals surface area contributed by atoms with Crippen molar-refractivity contribution in [3.8, 4) is 5.69 Å². The van der Waals surface area contributed by atoms with E-state index in [1.807, 2.05) is 69.3 Å². The highest BCUT2D eigenvalue weighted by Crippen LogP contribution is 2.38. The first-order valence-corrected chi connectivity index (χ1v) is 11.4. The monoisotopic (exact) mass is 454 g/mol. The summed E-state index contributed by atoms with van der Waals surface area (Å²) in [4.78, 5) is 28.2. The number of nitrogens with zero attached hydrogens (tertiary/aromatic N) is 2. The van der Waals surface area contributed by atoms with Crippen LogP contribution in [0.5, 0.6) is 0 Å². The topological polar surface area (TPSA) is 51.5 Å². The van der Waals surface area contributed by atoms with Crippen LogP contribution in [0.15, 0.2) is 77.5 Å². The molecule has 0 radical (unpaired) electrons. The summed E-state index contributed by atoms with van der Waals surface area (Å²) in [5.74, 6) is -0.706. The van der Waals surface area contributed by atoms with Crippen LogP contribution in [0, 0.1) is 20.8 Å². The zero-order valence-electron chi connectivity index (χ0n) is 20.5. The van der Waals surface area contributed by atoms with Gasteiger partial charge in [-0.15, -0.1) is 0 Å². The van der Waals surface area contributed by atoms with Gasteiger partial charge < -0.3 is 14.2 Å². The number of esters is 1. The fourth-order valence-corrected chi connectivity index (χ4v) is 4.82. The Labute approximate surface area is 201 Å². The number of aromatic nitrogens is 1. The minimum Gasteiger partial charge on any atom is -0.465 e. The van der Waals surface area contributed by atoms with Crippen LogP contribution in [-0.2, 0) is 14.3 Å². The molecule has 2 heterocycles. The number of amides is 1. The minimum atomic E-state index is -0.507. The van der Waals surface area contributed by atoms with Gasteiger partial charge in [0.1, 0.15) is 0 Å². The second-order valence-electron chi connectivity index (χ2n) is 8.72. The van der Waals surface area contributed by atoms with Crippen LogP contribution < -0.4 is 0 Å². The van der Waals surface area contributed by atoms with Crippen LogP contribution in [0.4, 0.5) is 0 Å². The number of ether oxygens (including phenoxy) is 1. The molecule has 1 aromatic heterocycles. The molecule has 0 saturated carbocycles. The van der Waals surface area contributed by atoms with Gasteiger partial charge >= 0.3 is 5.97 Å². The van der Waals surface area contributed by atoms with Gasteiger partial charge in [-0.05, 0) is 69.5 Å². The molecule has 0 aliphatic carbocycles. The highest BCUT2D eigenvalue weighted by molar-refractivity contribution is 6.16. The van der Waals surface area contributed by atoms with E-state index in [-0.39, 0.29) is 11.9 Å². The first-order valence-electron chi connectivity index (χ1n) is 11.4. The van der Waals surface area contributed by atoms with Crippen molar-refractivity contribution in [2.45, 2.75) is 40.7 Å². The molecular weight excluding hydrogens is 424 g/mol. The maximum atomic E-state index is 13.7. The van der Waals surface area contributed by atoms with E-state index in [9.17, 15) is 9.59 Å². The molecule has 1 aliphatic heterocycles.